The third kappa shape index (κ3) is 4.56. The van der Waals surface area contributed by atoms with E-state index in [1.165, 1.54) is 11.7 Å². The van der Waals surface area contributed by atoms with Gasteiger partial charge in [-0.2, -0.15) is 5.26 Å². The molecular weight excluding hydrogens is 460 g/mol. The van der Waals surface area contributed by atoms with Crippen molar-refractivity contribution in [2.45, 2.75) is 43.3 Å². The smallest absolute Gasteiger partial charge is 0.266 e. The molecule has 1 N–H and O–H groups in total. The maximum atomic E-state index is 13.5. The summed E-state index contributed by atoms with van der Waals surface area (Å²) in [5, 5.41) is 13.8. The van der Waals surface area contributed by atoms with Crippen LogP contribution in [0.4, 0.5) is 0 Å². The Kier molecular flexibility index (Phi) is 6.63. The number of fused-ring (bicyclic) bond motifs is 1. The number of nitrogens with zero attached hydrogens (tertiary/aromatic N) is 3. The fourth-order valence-electron chi connectivity index (χ4n) is 4.08. The number of rotatable bonds is 6. The quantitative estimate of drug-likeness (QED) is 0.413. The Labute approximate surface area is 200 Å². The molecule has 33 heavy (non-hydrogen) atoms. The predicted molar refractivity (Wildman–Crippen MR) is 129 cm³/mol. The van der Waals surface area contributed by atoms with E-state index < -0.39 is 5.54 Å². The zero-order valence-electron chi connectivity index (χ0n) is 18.4. The first-order valence-electron chi connectivity index (χ1n) is 10.6. The van der Waals surface area contributed by atoms with Gasteiger partial charge in [-0.3, -0.25) is 14.2 Å². The molecule has 0 spiro atoms. The molecule has 170 valence electrons. The van der Waals surface area contributed by atoms with Gasteiger partial charge in [-0.05, 0) is 56.4 Å². The Morgan fingerprint density at radius 2 is 2.06 bits per heavy atom. The number of hydrogen-bond donors (Lipinski definition) is 1. The van der Waals surface area contributed by atoms with E-state index >= 15 is 0 Å². The molecule has 1 fully saturated rings. The summed E-state index contributed by atoms with van der Waals surface area (Å²) in [5.41, 5.74) is 0.738. The Morgan fingerprint density at radius 1 is 1.33 bits per heavy atom. The van der Waals surface area contributed by atoms with Crippen LogP contribution in [0.5, 0.6) is 5.75 Å². The summed E-state index contributed by atoms with van der Waals surface area (Å²) in [6.07, 6.45) is 3.14. The van der Waals surface area contributed by atoms with Crippen LogP contribution < -0.4 is 15.6 Å². The summed E-state index contributed by atoms with van der Waals surface area (Å²) in [4.78, 5) is 30.9. The van der Waals surface area contributed by atoms with Crippen molar-refractivity contribution in [1.29, 1.82) is 5.26 Å². The van der Waals surface area contributed by atoms with Crippen LogP contribution >= 0.6 is 23.4 Å². The highest BCUT2D eigenvalue weighted by Crippen LogP contribution is 2.32. The molecule has 2 aromatic carbocycles. The van der Waals surface area contributed by atoms with Crippen molar-refractivity contribution in [3.63, 3.8) is 0 Å². The van der Waals surface area contributed by atoms with Gasteiger partial charge in [-0.15, -0.1) is 0 Å². The number of thioether (sulfide) groups is 1. The summed E-state index contributed by atoms with van der Waals surface area (Å²) >= 11 is 7.41. The lowest BCUT2D eigenvalue weighted by Gasteiger charge is -2.22. The minimum atomic E-state index is -0.801. The minimum absolute atomic E-state index is 0.0170. The van der Waals surface area contributed by atoms with Gasteiger partial charge in [0.15, 0.2) is 5.16 Å². The van der Waals surface area contributed by atoms with Crippen molar-refractivity contribution >= 4 is 40.2 Å². The largest absolute Gasteiger partial charge is 0.495 e. The molecule has 0 radical (unpaired) electrons. The van der Waals surface area contributed by atoms with Crippen LogP contribution in [0, 0.1) is 18.3 Å². The molecule has 0 aliphatic heterocycles. The van der Waals surface area contributed by atoms with Gasteiger partial charge in [-0.1, -0.05) is 35.5 Å². The van der Waals surface area contributed by atoms with Crippen LogP contribution in [0.25, 0.3) is 16.6 Å². The lowest BCUT2D eigenvalue weighted by atomic mass is 10.0. The molecule has 7 nitrogen and oxygen atoms in total. The summed E-state index contributed by atoms with van der Waals surface area (Å²) < 4.78 is 6.96. The molecule has 0 atom stereocenters. The number of methoxy groups -OCH3 is 1. The van der Waals surface area contributed by atoms with Gasteiger partial charge in [0, 0.05) is 11.1 Å². The second-order valence-corrected chi connectivity index (χ2v) is 9.41. The maximum absolute atomic E-state index is 13.5. The molecule has 1 amide bonds. The normalized spacial score (nSPS) is 14.7. The van der Waals surface area contributed by atoms with E-state index in [0.717, 1.165) is 30.2 Å². The Hall–Kier alpha value is -3.02. The van der Waals surface area contributed by atoms with E-state index in [1.54, 1.807) is 30.3 Å². The fourth-order valence-corrected chi connectivity index (χ4v) is 5.04. The van der Waals surface area contributed by atoms with Crippen molar-refractivity contribution in [2.75, 3.05) is 12.9 Å². The second kappa shape index (κ2) is 9.46. The van der Waals surface area contributed by atoms with Crippen LogP contribution in [0.15, 0.2) is 46.3 Å². The Bertz CT molecular complexity index is 1330. The van der Waals surface area contributed by atoms with E-state index in [9.17, 15) is 14.9 Å². The number of hydrogen-bond acceptors (Lipinski definition) is 6. The van der Waals surface area contributed by atoms with E-state index in [-0.39, 0.29) is 17.2 Å². The molecule has 0 saturated heterocycles. The first-order chi connectivity index (χ1) is 15.9. The zero-order valence-corrected chi connectivity index (χ0v) is 19.9. The standard InChI is InChI=1S/C24H23ClN4O3S/c1-15-11-19(20(32-2)12-17(15)25)29-22(31)16-7-3-4-8-18(16)27-23(29)33-13-21(30)28-24(14-26)9-5-6-10-24/h3-4,7-8,11-12H,5-6,9-10,13H2,1-2H3,(H,28,30). The highest BCUT2D eigenvalue weighted by Gasteiger charge is 2.35. The molecule has 1 aliphatic carbocycles. The van der Waals surface area contributed by atoms with E-state index in [1.807, 2.05) is 13.0 Å². The number of aryl methyl sites for hydroxylation is 1. The number of benzene rings is 2. The Balaban J connectivity index is 1.75. The summed E-state index contributed by atoms with van der Waals surface area (Å²) in [6.45, 7) is 1.84. The molecule has 3 aromatic rings. The highest BCUT2D eigenvalue weighted by molar-refractivity contribution is 7.99. The highest BCUT2D eigenvalue weighted by atomic mass is 35.5. The molecular formula is C24H23ClN4O3S. The topological polar surface area (TPSA) is 97.0 Å². The number of halogens is 1. The summed E-state index contributed by atoms with van der Waals surface area (Å²) in [7, 11) is 1.51. The predicted octanol–water partition coefficient (Wildman–Crippen LogP) is 4.40. The second-order valence-electron chi connectivity index (χ2n) is 8.06. The number of amides is 1. The minimum Gasteiger partial charge on any atom is -0.495 e. The fraction of sp³-hybridized carbons (Fsp3) is 0.333. The number of carbonyl (C=O) groups is 1. The maximum Gasteiger partial charge on any atom is 0.266 e. The van der Waals surface area contributed by atoms with Gasteiger partial charge >= 0.3 is 0 Å². The van der Waals surface area contributed by atoms with Crippen molar-refractivity contribution in [1.82, 2.24) is 14.9 Å². The average molecular weight is 483 g/mol. The van der Waals surface area contributed by atoms with Gasteiger partial charge in [0.05, 0.1) is 35.5 Å². The number of carbonyl (C=O) groups excluding carboxylic acids is 1. The van der Waals surface area contributed by atoms with Crippen molar-refractivity contribution in [2.24, 2.45) is 0 Å². The summed E-state index contributed by atoms with van der Waals surface area (Å²) in [6, 6.07) is 12.8. The number of para-hydroxylation sites is 1. The number of nitrogens with one attached hydrogen (secondary N) is 1. The molecule has 1 heterocycles. The van der Waals surface area contributed by atoms with Crippen LogP contribution in [0.2, 0.25) is 5.02 Å². The van der Waals surface area contributed by atoms with Gasteiger partial charge in [0.1, 0.15) is 11.3 Å². The lowest BCUT2D eigenvalue weighted by molar-refractivity contribution is -0.119. The zero-order chi connectivity index (χ0) is 23.6. The number of ether oxygens (including phenoxy) is 1. The van der Waals surface area contributed by atoms with Crippen molar-refractivity contribution in [3.8, 4) is 17.5 Å². The van der Waals surface area contributed by atoms with Crippen LogP contribution in [-0.2, 0) is 4.79 Å². The molecule has 0 unspecified atom stereocenters. The van der Waals surface area contributed by atoms with E-state index in [0.29, 0.717) is 45.4 Å². The van der Waals surface area contributed by atoms with Crippen LogP contribution in [0.3, 0.4) is 0 Å². The number of aromatic nitrogens is 2. The Morgan fingerprint density at radius 3 is 2.76 bits per heavy atom. The third-order valence-corrected chi connectivity index (χ3v) is 7.17. The molecule has 1 saturated carbocycles. The van der Waals surface area contributed by atoms with Gasteiger partial charge in [0.2, 0.25) is 5.91 Å². The summed E-state index contributed by atoms with van der Waals surface area (Å²) in [5.74, 6) is 0.172. The van der Waals surface area contributed by atoms with Crippen molar-refractivity contribution in [3.05, 3.63) is 57.3 Å². The van der Waals surface area contributed by atoms with Gasteiger partial charge in [0.25, 0.3) is 5.56 Å². The molecule has 4 rings (SSSR count). The van der Waals surface area contributed by atoms with Crippen molar-refractivity contribution < 1.29 is 9.53 Å². The number of nitriles is 1. The molecule has 1 aromatic heterocycles. The van der Waals surface area contributed by atoms with Crippen LogP contribution in [-0.4, -0.2) is 33.9 Å². The van der Waals surface area contributed by atoms with Gasteiger partial charge in [-0.25, -0.2) is 4.98 Å². The molecule has 0 bridgehead atoms. The third-order valence-electron chi connectivity index (χ3n) is 5.83. The molecule has 1 aliphatic rings. The first kappa shape index (κ1) is 23.1. The average Bonchev–Trinajstić information content (AvgIpc) is 3.28. The lowest BCUT2D eigenvalue weighted by Crippen LogP contribution is -2.45. The van der Waals surface area contributed by atoms with E-state index in [4.69, 9.17) is 16.3 Å². The monoisotopic (exact) mass is 482 g/mol. The van der Waals surface area contributed by atoms with Gasteiger partial charge < -0.3 is 10.1 Å². The molecule has 9 heteroatoms. The first-order valence-corrected chi connectivity index (χ1v) is 12.0. The van der Waals surface area contributed by atoms with Crippen LogP contribution in [0.1, 0.15) is 31.2 Å². The SMILES string of the molecule is COc1cc(Cl)c(C)cc1-n1c(SCC(=O)NC2(C#N)CCCC2)nc2ccccc2c1=O. The van der Waals surface area contributed by atoms with E-state index in [2.05, 4.69) is 16.4 Å².